The zero-order valence-electron chi connectivity index (χ0n) is 8.73. The molecule has 1 atom stereocenters. The summed E-state index contributed by atoms with van der Waals surface area (Å²) >= 11 is 0. The van der Waals surface area contributed by atoms with Crippen LogP contribution in [0.3, 0.4) is 0 Å². The zero-order valence-corrected chi connectivity index (χ0v) is 9.63. The van der Waals surface area contributed by atoms with E-state index >= 15 is 0 Å². The number of hydrogen-bond acceptors (Lipinski definition) is 1. The maximum atomic E-state index is 9.95. The molecule has 78 valence electrons. The monoisotopic (exact) mass is 211 g/mol. The SMILES string of the molecule is C=CC[P+](CC=C)(CC=C)C(O)C=C. The summed E-state index contributed by atoms with van der Waals surface area (Å²) in [5.74, 6) is -0.434. The summed E-state index contributed by atoms with van der Waals surface area (Å²) in [4.78, 5) is 0. The highest BCUT2D eigenvalue weighted by Crippen LogP contribution is 2.62. The normalized spacial score (nSPS) is 12.9. The van der Waals surface area contributed by atoms with Crippen LogP contribution >= 0.6 is 7.26 Å². The van der Waals surface area contributed by atoms with Crippen LogP contribution in [0, 0.1) is 0 Å². The molecule has 0 bridgehead atoms. The van der Waals surface area contributed by atoms with Crippen molar-refractivity contribution >= 4 is 7.26 Å². The van der Waals surface area contributed by atoms with Crippen LogP contribution in [0.4, 0.5) is 0 Å². The number of aliphatic hydroxyl groups excluding tert-OH is 1. The van der Waals surface area contributed by atoms with Crippen LogP contribution in [0.2, 0.25) is 0 Å². The smallest absolute Gasteiger partial charge is 0.183 e. The van der Waals surface area contributed by atoms with Gasteiger partial charge in [0.05, 0.1) is 25.7 Å². The molecule has 0 fully saturated rings. The standard InChI is InChI=1S/C12H20OP/c1-5-9-14(10-6-2,11-7-3)12(13)8-4/h5-8,12-13H,1-4,9-11H2/q+1. The van der Waals surface area contributed by atoms with Gasteiger partial charge in [0, 0.05) is 0 Å². The molecule has 0 amide bonds. The Bertz CT molecular complexity index is 194. The third-order valence-electron chi connectivity index (χ3n) is 2.25. The lowest BCUT2D eigenvalue weighted by Crippen LogP contribution is -2.17. The van der Waals surface area contributed by atoms with Crippen LogP contribution in [-0.4, -0.2) is 29.4 Å². The fourth-order valence-electron chi connectivity index (χ4n) is 1.54. The van der Waals surface area contributed by atoms with Crippen molar-refractivity contribution in [3.05, 3.63) is 50.6 Å². The second kappa shape index (κ2) is 6.75. The summed E-state index contributed by atoms with van der Waals surface area (Å²) in [7, 11) is -1.50. The van der Waals surface area contributed by atoms with E-state index < -0.39 is 13.1 Å². The van der Waals surface area contributed by atoms with Gasteiger partial charge in [0.25, 0.3) is 0 Å². The molecule has 1 N–H and O–H groups in total. The van der Waals surface area contributed by atoms with Gasteiger partial charge in [-0.2, -0.15) is 0 Å². The summed E-state index contributed by atoms with van der Waals surface area (Å²) in [5.41, 5.74) is 0. The van der Waals surface area contributed by atoms with Crippen LogP contribution in [0.25, 0.3) is 0 Å². The van der Waals surface area contributed by atoms with Crippen LogP contribution in [0.5, 0.6) is 0 Å². The Morgan fingerprint density at radius 3 is 1.50 bits per heavy atom. The van der Waals surface area contributed by atoms with Crippen molar-refractivity contribution in [3.8, 4) is 0 Å². The molecule has 0 saturated heterocycles. The van der Waals surface area contributed by atoms with Crippen molar-refractivity contribution < 1.29 is 5.11 Å². The molecule has 0 aromatic rings. The van der Waals surface area contributed by atoms with Crippen molar-refractivity contribution in [1.82, 2.24) is 0 Å². The highest BCUT2D eigenvalue weighted by Gasteiger charge is 2.39. The number of allylic oxidation sites excluding steroid dienone is 3. The maximum absolute atomic E-state index is 9.95. The summed E-state index contributed by atoms with van der Waals surface area (Å²) in [5, 5.41) is 9.95. The van der Waals surface area contributed by atoms with E-state index in [1.165, 1.54) is 0 Å². The lowest BCUT2D eigenvalue weighted by molar-refractivity contribution is 0.301. The predicted molar refractivity (Wildman–Crippen MR) is 68.3 cm³/mol. The number of rotatable bonds is 8. The van der Waals surface area contributed by atoms with E-state index in [9.17, 15) is 5.11 Å². The fraction of sp³-hybridized carbons (Fsp3) is 0.333. The molecule has 2 heteroatoms. The van der Waals surface area contributed by atoms with E-state index in [1.54, 1.807) is 6.08 Å². The average Bonchev–Trinajstić information content (AvgIpc) is 2.17. The van der Waals surface area contributed by atoms with Crippen LogP contribution in [0.15, 0.2) is 50.6 Å². The maximum Gasteiger partial charge on any atom is 0.183 e. The molecule has 0 aliphatic carbocycles. The van der Waals surface area contributed by atoms with Gasteiger partial charge in [-0.05, 0) is 6.08 Å². The third-order valence-corrected chi connectivity index (χ3v) is 6.54. The molecule has 0 aliphatic rings. The first-order valence-corrected chi connectivity index (χ1v) is 7.07. The van der Waals surface area contributed by atoms with Gasteiger partial charge in [0.15, 0.2) is 5.85 Å². The zero-order chi connectivity index (χ0) is 11.0. The number of hydrogen-bond donors (Lipinski definition) is 1. The van der Waals surface area contributed by atoms with E-state index in [0.717, 1.165) is 18.5 Å². The molecule has 0 aliphatic heterocycles. The average molecular weight is 211 g/mol. The van der Waals surface area contributed by atoms with Gasteiger partial charge in [0.2, 0.25) is 0 Å². The summed E-state index contributed by atoms with van der Waals surface area (Å²) < 4.78 is 0. The Morgan fingerprint density at radius 2 is 1.29 bits per heavy atom. The molecular weight excluding hydrogens is 191 g/mol. The van der Waals surface area contributed by atoms with E-state index in [0.29, 0.717) is 0 Å². The minimum absolute atomic E-state index is 0.434. The lowest BCUT2D eigenvalue weighted by Gasteiger charge is -2.27. The van der Waals surface area contributed by atoms with Crippen molar-refractivity contribution in [2.24, 2.45) is 0 Å². The minimum Gasteiger partial charge on any atom is -0.356 e. The largest absolute Gasteiger partial charge is 0.356 e. The molecule has 0 aromatic heterocycles. The van der Waals surface area contributed by atoms with Crippen molar-refractivity contribution in [2.45, 2.75) is 5.85 Å². The van der Waals surface area contributed by atoms with Gasteiger partial charge in [-0.1, -0.05) is 44.5 Å². The summed E-state index contributed by atoms with van der Waals surface area (Å²) in [6.45, 7) is 14.9. The molecule has 1 nitrogen and oxygen atoms in total. The van der Waals surface area contributed by atoms with Crippen LogP contribution in [-0.2, 0) is 0 Å². The van der Waals surface area contributed by atoms with Crippen molar-refractivity contribution in [3.63, 3.8) is 0 Å². The molecule has 14 heavy (non-hydrogen) atoms. The summed E-state index contributed by atoms with van der Waals surface area (Å²) in [6, 6.07) is 0. The molecule has 0 heterocycles. The molecular formula is C12H20OP+. The molecule has 1 unspecified atom stereocenters. The first kappa shape index (κ1) is 13.4. The highest BCUT2D eigenvalue weighted by molar-refractivity contribution is 7.77. The molecule has 0 saturated carbocycles. The minimum atomic E-state index is -1.50. The van der Waals surface area contributed by atoms with E-state index in [1.807, 2.05) is 18.2 Å². The first-order chi connectivity index (χ1) is 6.66. The van der Waals surface area contributed by atoms with Crippen LogP contribution in [0.1, 0.15) is 0 Å². The molecule has 0 spiro atoms. The van der Waals surface area contributed by atoms with Gasteiger partial charge in [-0.3, -0.25) is 0 Å². The second-order valence-corrected chi connectivity index (χ2v) is 7.34. The van der Waals surface area contributed by atoms with E-state index in [-0.39, 0.29) is 0 Å². The van der Waals surface area contributed by atoms with Gasteiger partial charge in [-0.25, -0.2) is 0 Å². The Labute approximate surface area is 87.9 Å². The quantitative estimate of drug-likeness (QED) is 0.483. The molecule has 0 radical (unpaired) electrons. The highest BCUT2D eigenvalue weighted by atomic mass is 31.2. The van der Waals surface area contributed by atoms with E-state index in [2.05, 4.69) is 26.3 Å². The first-order valence-electron chi connectivity index (χ1n) is 4.66. The van der Waals surface area contributed by atoms with Gasteiger partial charge < -0.3 is 5.11 Å². The van der Waals surface area contributed by atoms with E-state index in [4.69, 9.17) is 0 Å². The second-order valence-electron chi connectivity index (χ2n) is 3.28. The molecule has 0 rings (SSSR count). The van der Waals surface area contributed by atoms with Gasteiger partial charge in [0.1, 0.15) is 0 Å². The van der Waals surface area contributed by atoms with Gasteiger partial charge >= 0.3 is 0 Å². The summed E-state index contributed by atoms with van der Waals surface area (Å²) in [6.07, 6.45) is 9.76. The van der Waals surface area contributed by atoms with Gasteiger partial charge in [-0.15, -0.1) is 0 Å². The Morgan fingerprint density at radius 1 is 0.929 bits per heavy atom. The Kier molecular flexibility index (Phi) is 6.44. The Balaban J connectivity index is 4.87. The van der Waals surface area contributed by atoms with Crippen molar-refractivity contribution in [1.29, 1.82) is 0 Å². The fourth-order valence-corrected chi connectivity index (χ4v) is 4.63. The van der Waals surface area contributed by atoms with Crippen LogP contribution < -0.4 is 0 Å². The van der Waals surface area contributed by atoms with Crippen molar-refractivity contribution in [2.75, 3.05) is 18.5 Å². The third kappa shape index (κ3) is 3.25. The molecule has 0 aromatic carbocycles. The Hall–Kier alpha value is -0.650. The topological polar surface area (TPSA) is 20.2 Å². The predicted octanol–water partition coefficient (Wildman–Crippen LogP) is 3.07. The number of aliphatic hydroxyl groups is 1. The lowest BCUT2D eigenvalue weighted by atomic mass is 10.7.